The van der Waals surface area contributed by atoms with Crippen LogP contribution >= 0.6 is 0 Å². The van der Waals surface area contributed by atoms with Crippen LogP contribution in [0, 0.1) is 0 Å². The summed E-state index contributed by atoms with van der Waals surface area (Å²) in [4.78, 5) is 14.0. The summed E-state index contributed by atoms with van der Waals surface area (Å²) in [5, 5.41) is 1.88. The van der Waals surface area contributed by atoms with Gasteiger partial charge in [0.15, 0.2) is 0 Å². The first-order valence-electron chi connectivity index (χ1n) is 9.08. The molecule has 1 aliphatic heterocycles. The summed E-state index contributed by atoms with van der Waals surface area (Å²) in [6.07, 6.45) is 13.0. The largest absolute Gasteiger partial charge is 0.410 e. The number of H-pyrrole nitrogens is 1. The van der Waals surface area contributed by atoms with Crippen molar-refractivity contribution in [2.75, 3.05) is 7.05 Å². The molecule has 0 saturated carbocycles. The SMILES string of the molecule is CC1=CC(C)=CC(c2c[nH]c3cc(C4=C(C)ON(C)[C@H]4C)cnc23)C=C1. The third kappa shape index (κ3) is 2.80. The number of hydrogen-bond acceptors (Lipinski definition) is 3. The molecule has 2 atom stereocenters. The summed E-state index contributed by atoms with van der Waals surface area (Å²) in [5.74, 6) is 1.18. The third-order valence-corrected chi connectivity index (χ3v) is 5.30. The Morgan fingerprint density at radius 2 is 2.00 bits per heavy atom. The van der Waals surface area contributed by atoms with Crippen molar-refractivity contribution < 1.29 is 4.84 Å². The minimum Gasteiger partial charge on any atom is -0.410 e. The van der Waals surface area contributed by atoms with E-state index in [1.807, 2.05) is 25.2 Å². The number of allylic oxidation sites excluding steroid dienone is 7. The van der Waals surface area contributed by atoms with Crippen molar-refractivity contribution in [3.63, 3.8) is 0 Å². The zero-order valence-electron chi connectivity index (χ0n) is 16.0. The molecule has 0 saturated heterocycles. The molecule has 2 aromatic heterocycles. The van der Waals surface area contributed by atoms with Crippen LogP contribution < -0.4 is 0 Å². The van der Waals surface area contributed by atoms with E-state index in [1.165, 1.54) is 22.3 Å². The van der Waals surface area contributed by atoms with Crippen molar-refractivity contribution in [1.29, 1.82) is 0 Å². The highest BCUT2D eigenvalue weighted by Gasteiger charge is 2.28. The number of nitrogens with one attached hydrogen (secondary N) is 1. The standard InChI is InChI=1S/C22H25N3O/c1-13-6-7-17(9-14(2)8-13)19-12-23-20-10-18(11-24-22(19)20)21-15(3)25(5)26-16(21)4/h6-12,15,17,23H,1-5H3/t15-,17?/m0/s1. The van der Waals surface area contributed by atoms with Gasteiger partial charge in [-0.3, -0.25) is 4.98 Å². The Morgan fingerprint density at radius 1 is 1.19 bits per heavy atom. The Kier molecular flexibility index (Phi) is 4.08. The minimum atomic E-state index is 0.216. The normalized spacial score (nSPS) is 23.9. The monoisotopic (exact) mass is 347 g/mol. The summed E-state index contributed by atoms with van der Waals surface area (Å²) in [7, 11) is 1.96. The van der Waals surface area contributed by atoms with E-state index in [0.717, 1.165) is 22.4 Å². The van der Waals surface area contributed by atoms with Gasteiger partial charge in [0.1, 0.15) is 5.76 Å². The molecule has 4 rings (SSSR count). The molecule has 3 heterocycles. The van der Waals surface area contributed by atoms with E-state index in [0.29, 0.717) is 0 Å². The molecule has 0 bridgehead atoms. The Balaban J connectivity index is 1.75. The molecule has 0 spiro atoms. The van der Waals surface area contributed by atoms with Gasteiger partial charge in [0.05, 0.1) is 17.1 Å². The first kappa shape index (κ1) is 16.9. The van der Waals surface area contributed by atoms with Gasteiger partial charge in [0.2, 0.25) is 0 Å². The lowest BCUT2D eigenvalue weighted by Gasteiger charge is -2.15. The number of nitrogens with zero attached hydrogens (tertiary/aromatic N) is 2. The molecule has 0 aromatic carbocycles. The Hall–Kier alpha value is -2.59. The van der Waals surface area contributed by atoms with Crippen LogP contribution in [0.5, 0.6) is 0 Å². The van der Waals surface area contributed by atoms with E-state index >= 15 is 0 Å². The maximum Gasteiger partial charge on any atom is 0.127 e. The quantitative estimate of drug-likeness (QED) is 0.821. The van der Waals surface area contributed by atoms with Crippen molar-refractivity contribution in [2.24, 2.45) is 0 Å². The highest BCUT2D eigenvalue weighted by atomic mass is 16.7. The fraction of sp³-hybridized carbons (Fsp3) is 0.318. The number of rotatable bonds is 2. The van der Waals surface area contributed by atoms with Crippen molar-refractivity contribution in [2.45, 2.75) is 39.7 Å². The van der Waals surface area contributed by atoms with Gasteiger partial charge in [-0.2, -0.15) is 0 Å². The predicted octanol–water partition coefficient (Wildman–Crippen LogP) is 5.11. The first-order chi connectivity index (χ1) is 12.4. The van der Waals surface area contributed by atoms with Crippen LogP contribution in [0.2, 0.25) is 0 Å². The number of hydroxylamine groups is 2. The number of pyridine rings is 1. The second kappa shape index (κ2) is 6.29. The van der Waals surface area contributed by atoms with E-state index in [4.69, 9.17) is 9.82 Å². The molecule has 4 heteroatoms. The lowest BCUT2D eigenvalue weighted by molar-refractivity contribution is -0.0883. The number of hydrogen-bond donors (Lipinski definition) is 1. The third-order valence-electron chi connectivity index (χ3n) is 5.30. The van der Waals surface area contributed by atoms with E-state index < -0.39 is 0 Å². The van der Waals surface area contributed by atoms with E-state index in [1.54, 1.807) is 0 Å². The Bertz CT molecular complexity index is 990. The van der Waals surface area contributed by atoms with E-state index in [-0.39, 0.29) is 12.0 Å². The highest BCUT2D eigenvalue weighted by molar-refractivity contribution is 5.85. The fourth-order valence-electron chi connectivity index (χ4n) is 3.94. The average molecular weight is 347 g/mol. The average Bonchev–Trinajstić information content (AvgIpc) is 3.05. The zero-order valence-corrected chi connectivity index (χ0v) is 16.0. The van der Waals surface area contributed by atoms with Gasteiger partial charge in [0.25, 0.3) is 0 Å². The first-order valence-corrected chi connectivity index (χ1v) is 9.08. The van der Waals surface area contributed by atoms with Crippen LogP contribution in [0.15, 0.2) is 59.7 Å². The molecule has 4 nitrogen and oxygen atoms in total. The molecule has 2 aromatic rings. The van der Waals surface area contributed by atoms with Crippen LogP contribution in [0.4, 0.5) is 0 Å². The molecule has 134 valence electrons. The Morgan fingerprint density at radius 3 is 2.73 bits per heavy atom. The highest BCUT2D eigenvalue weighted by Crippen LogP contribution is 2.35. The van der Waals surface area contributed by atoms with Crippen molar-refractivity contribution >= 4 is 16.6 Å². The molecule has 0 radical (unpaired) electrons. The van der Waals surface area contributed by atoms with Gasteiger partial charge in [-0.15, -0.1) is 5.06 Å². The van der Waals surface area contributed by atoms with Crippen LogP contribution in [-0.2, 0) is 4.84 Å². The van der Waals surface area contributed by atoms with Gasteiger partial charge in [-0.05, 0) is 33.8 Å². The van der Waals surface area contributed by atoms with Crippen molar-refractivity contribution in [3.05, 3.63) is 70.8 Å². The second-order valence-corrected chi connectivity index (χ2v) is 7.33. The minimum absolute atomic E-state index is 0.216. The fourth-order valence-corrected chi connectivity index (χ4v) is 3.94. The second-order valence-electron chi connectivity index (χ2n) is 7.33. The summed E-state index contributed by atoms with van der Waals surface area (Å²) < 4.78 is 0. The molecular formula is C22H25N3O. The summed E-state index contributed by atoms with van der Waals surface area (Å²) >= 11 is 0. The van der Waals surface area contributed by atoms with E-state index in [9.17, 15) is 0 Å². The van der Waals surface area contributed by atoms with Crippen LogP contribution in [0.3, 0.4) is 0 Å². The zero-order chi connectivity index (χ0) is 18.4. The van der Waals surface area contributed by atoms with E-state index in [2.05, 4.69) is 62.3 Å². The smallest absolute Gasteiger partial charge is 0.127 e. The van der Waals surface area contributed by atoms with Gasteiger partial charge >= 0.3 is 0 Å². The summed E-state index contributed by atoms with van der Waals surface area (Å²) in [5.41, 5.74) is 8.17. The van der Waals surface area contributed by atoms with Gasteiger partial charge in [-0.25, -0.2) is 0 Å². The molecule has 0 amide bonds. The lowest BCUT2D eigenvalue weighted by Crippen LogP contribution is -2.22. The van der Waals surface area contributed by atoms with Crippen LogP contribution in [0.25, 0.3) is 16.6 Å². The van der Waals surface area contributed by atoms with Crippen LogP contribution in [-0.4, -0.2) is 28.1 Å². The van der Waals surface area contributed by atoms with Gasteiger partial charge in [-0.1, -0.05) is 35.5 Å². The predicted molar refractivity (Wildman–Crippen MR) is 106 cm³/mol. The molecule has 1 unspecified atom stereocenters. The number of fused-ring (bicyclic) bond motifs is 1. The number of aromatic amines is 1. The van der Waals surface area contributed by atoms with Gasteiger partial charge in [0, 0.05) is 42.1 Å². The van der Waals surface area contributed by atoms with Crippen molar-refractivity contribution in [1.82, 2.24) is 15.0 Å². The maximum atomic E-state index is 5.74. The maximum absolute atomic E-state index is 5.74. The topological polar surface area (TPSA) is 41.1 Å². The molecule has 1 aliphatic carbocycles. The van der Waals surface area contributed by atoms with Crippen LogP contribution in [0.1, 0.15) is 44.7 Å². The number of likely N-dealkylation sites (N-methyl/N-ethyl adjacent to an activating group) is 1. The van der Waals surface area contributed by atoms with Gasteiger partial charge < -0.3 is 9.82 Å². The molecule has 0 fully saturated rings. The molecule has 2 aliphatic rings. The summed E-state index contributed by atoms with van der Waals surface area (Å²) in [6.45, 7) is 8.44. The number of aromatic nitrogens is 2. The molecule has 1 N–H and O–H groups in total. The van der Waals surface area contributed by atoms with Crippen molar-refractivity contribution in [3.8, 4) is 0 Å². The summed E-state index contributed by atoms with van der Waals surface area (Å²) in [6, 6.07) is 2.40. The molecular weight excluding hydrogens is 322 g/mol. The lowest BCUT2D eigenvalue weighted by atomic mass is 9.97. The Labute approximate surface area is 154 Å². The molecule has 26 heavy (non-hydrogen) atoms.